The van der Waals surface area contributed by atoms with E-state index >= 15 is 0 Å². The Kier molecular flexibility index (Phi) is 3.84. The Hall–Kier alpha value is -2.08. The second kappa shape index (κ2) is 5.13. The van der Waals surface area contributed by atoms with Crippen LogP contribution in [0, 0.1) is 0 Å². The first-order valence-electron chi connectivity index (χ1n) is 4.64. The van der Waals surface area contributed by atoms with Crippen molar-refractivity contribution in [2.45, 2.75) is 12.1 Å². The minimum atomic E-state index is -1.18. The zero-order valence-corrected chi connectivity index (χ0v) is 8.58. The number of carboxylic acids is 1. The summed E-state index contributed by atoms with van der Waals surface area (Å²) in [5.74, 6) is -1.34. The van der Waals surface area contributed by atoms with Crippen molar-refractivity contribution < 1.29 is 9.90 Å². The van der Waals surface area contributed by atoms with Gasteiger partial charge in [0.25, 0.3) is 0 Å². The van der Waals surface area contributed by atoms with Gasteiger partial charge in [-0.15, -0.1) is 0 Å². The first-order chi connectivity index (χ1) is 7.52. The molecule has 6 heteroatoms. The molecule has 16 heavy (non-hydrogen) atoms. The topological polar surface area (TPSA) is 128 Å². The van der Waals surface area contributed by atoms with Crippen LogP contribution < -0.4 is 17.2 Å². The molecule has 0 aliphatic heterocycles. The first-order valence-corrected chi connectivity index (χ1v) is 4.64. The van der Waals surface area contributed by atoms with Crippen LogP contribution >= 0.6 is 0 Å². The van der Waals surface area contributed by atoms with Crippen LogP contribution in [0.4, 0.5) is 0 Å². The fourth-order valence-corrected chi connectivity index (χ4v) is 1.31. The maximum atomic E-state index is 10.8. The monoisotopic (exact) mass is 222 g/mol. The van der Waals surface area contributed by atoms with Crippen molar-refractivity contribution in [2.24, 2.45) is 22.2 Å². The van der Waals surface area contributed by atoms with E-state index in [0.717, 1.165) is 0 Å². The third kappa shape index (κ3) is 2.96. The van der Waals surface area contributed by atoms with E-state index in [9.17, 15) is 4.79 Å². The zero-order chi connectivity index (χ0) is 12.1. The van der Waals surface area contributed by atoms with Crippen LogP contribution in [0.1, 0.15) is 11.6 Å². The molecule has 0 aromatic heterocycles. The lowest BCUT2D eigenvalue weighted by atomic mass is 10.0. The molecule has 0 bridgehead atoms. The number of carboxylic acid groups (broad SMARTS) is 1. The summed E-state index contributed by atoms with van der Waals surface area (Å²) in [6, 6.07) is 6.83. The summed E-state index contributed by atoms with van der Waals surface area (Å²) in [5, 5.41) is 8.85. The Labute approximate surface area is 92.8 Å². The Bertz CT molecular complexity index is 387. The summed E-state index contributed by atoms with van der Waals surface area (Å²) in [4.78, 5) is 14.7. The minimum absolute atomic E-state index is 0.189. The highest BCUT2D eigenvalue weighted by molar-refractivity contribution is 5.78. The number of carbonyl (C=O) groups is 1. The third-order valence-corrected chi connectivity index (χ3v) is 2.05. The Morgan fingerprint density at radius 2 is 1.81 bits per heavy atom. The highest BCUT2D eigenvalue weighted by atomic mass is 16.4. The molecule has 0 radical (unpaired) electrons. The predicted molar refractivity (Wildman–Crippen MR) is 60.6 cm³/mol. The van der Waals surface area contributed by atoms with Crippen LogP contribution in [0.25, 0.3) is 0 Å². The highest BCUT2D eigenvalue weighted by Gasteiger charge is 2.25. The van der Waals surface area contributed by atoms with Gasteiger partial charge in [-0.3, -0.25) is 4.79 Å². The van der Waals surface area contributed by atoms with Crippen LogP contribution in [0.15, 0.2) is 35.3 Å². The molecule has 0 saturated heterocycles. The largest absolute Gasteiger partial charge is 0.480 e. The van der Waals surface area contributed by atoms with E-state index in [1.807, 2.05) is 6.07 Å². The molecule has 6 nitrogen and oxygen atoms in total. The minimum Gasteiger partial charge on any atom is -0.480 e. The summed E-state index contributed by atoms with van der Waals surface area (Å²) in [6.07, 6.45) is 0. The van der Waals surface area contributed by atoms with E-state index in [0.29, 0.717) is 5.56 Å². The van der Waals surface area contributed by atoms with Gasteiger partial charge >= 0.3 is 5.97 Å². The molecule has 0 fully saturated rings. The van der Waals surface area contributed by atoms with Gasteiger partial charge in [0.2, 0.25) is 0 Å². The number of rotatable bonds is 4. The van der Waals surface area contributed by atoms with Crippen LogP contribution in [0.3, 0.4) is 0 Å². The van der Waals surface area contributed by atoms with Crippen molar-refractivity contribution in [3.05, 3.63) is 35.9 Å². The third-order valence-electron chi connectivity index (χ3n) is 2.05. The van der Waals surface area contributed by atoms with E-state index in [1.54, 1.807) is 24.3 Å². The van der Waals surface area contributed by atoms with E-state index in [4.69, 9.17) is 22.3 Å². The van der Waals surface area contributed by atoms with Crippen LogP contribution in [-0.2, 0) is 4.79 Å². The smallest absolute Gasteiger partial charge is 0.323 e. The van der Waals surface area contributed by atoms with Crippen molar-refractivity contribution >= 4 is 11.9 Å². The molecule has 1 rings (SSSR count). The number of aliphatic imine (C=N–C) groups is 1. The number of benzene rings is 1. The van der Waals surface area contributed by atoms with Gasteiger partial charge in [-0.25, -0.2) is 4.99 Å². The molecule has 0 heterocycles. The van der Waals surface area contributed by atoms with Crippen molar-refractivity contribution in [3.63, 3.8) is 0 Å². The van der Waals surface area contributed by atoms with Crippen molar-refractivity contribution in [3.8, 4) is 0 Å². The van der Waals surface area contributed by atoms with Gasteiger partial charge in [-0.1, -0.05) is 30.3 Å². The number of nitrogens with two attached hydrogens (primary N) is 3. The molecule has 1 aromatic carbocycles. The second-order valence-electron chi connectivity index (χ2n) is 3.27. The average Bonchev–Trinajstić information content (AvgIpc) is 2.26. The van der Waals surface area contributed by atoms with Crippen LogP contribution in [-0.4, -0.2) is 23.1 Å². The molecular formula is C10H14N4O2. The maximum Gasteiger partial charge on any atom is 0.323 e. The summed E-state index contributed by atoms with van der Waals surface area (Å²) < 4.78 is 0. The standard InChI is InChI=1S/C10H14N4O2/c11-7(9(15)16)8(14-10(12)13)6-4-2-1-3-5-6/h1-5,7-8H,11H2,(H,15,16)(H4,12,13,14)/t7-,8?/m0/s1. The Balaban J connectivity index is 3.06. The van der Waals surface area contributed by atoms with Gasteiger partial charge in [0.1, 0.15) is 12.1 Å². The lowest BCUT2D eigenvalue weighted by Crippen LogP contribution is -2.37. The van der Waals surface area contributed by atoms with Gasteiger partial charge in [0.15, 0.2) is 5.96 Å². The Morgan fingerprint density at radius 3 is 2.25 bits per heavy atom. The van der Waals surface area contributed by atoms with E-state index in [-0.39, 0.29) is 5.96 Å². The van der Waals surface area contributed by atoms with Gasteiger partial charge < -0.3 is 22.3 Å². The molecular weight excluding hydrogens is 208 g/mol. The quantitative estimate of drug-likeness (QED) is 0.400. The SMILES string of the molecule is NC(N)=NC(c1ccccc1)[C@H](N)C(=O)O. The van der Waals surface area contributed by atoms with Gasteiger partial charge in [-0.05, 0) is 5.56 Å². The number of hydrogen-bond donors (Lipinski definition) is 4. The van der Waals surface area contributed by atoms with Gasteiger partial charge in [0.05, 0.1) is 0 Å². The summed E-state index contributed by atoms with van der Waals surface area (Å²) in [7, 11) is 0. The number of aliphatic carboxylic acids is 1. The zero-order valence-electron chi connectivity index (χ0n) is 8.58. The molecule has 1 aromatic rings. The lowest BCUT2D eigenvalue weighted by molar-refractivity contribution is -0.139. The fourth-order valence-electron chi connectivity index (χ4n) is 1.31. The fraction of sp³-hybridized carbons (Fsp3) is 0.200. The predicted octanol–water partition coefficient (Wildman–Crippen LogP) is -0.587. The second-order valence-corrected chi connectivity index (χ2v) is 3.27. The average molecular weight is 222 g/mol. The lowest BCUT2D eigenvalue weighted by Gasteiger charge is -2.17. The molecule has 2 atom stereocenters. The molecule has 0 amide bonds. The maximum absolute atomic E-state index is 10.8. The first kappa shape index (κ1) is 12.0. The van der Waals surface area contributed by atoms with Crippen LogP contribution in [0.2, 0.25) is 0 Å². The van der Waals surface area contributed by atoms with Crippen LogP contribution in [0.5, 0.6) is 0 Å². The number of nitrogens with zero attached hydrogens (tertiary/aromatic N) is 1. The molecule has 0 aliphatic carbocycles. The van der Waals surface area contributed by atoms with E-state index in [1.165, 1.54) is 0 Å². The number of guanidine groups is 1. The Morgan fingerprint density at radius 1 is 1.25 bits per heavy atom. The molecule has 7 N–H and O–H groups in total. The normalized spacial score (nSPS) is 13.8. The summed E-state index contributed by atoms with van der Waals surface area (Å²) >= 11 is 0. The molecule has 0 spiro atoms. The van der Waals surface area contributed by atoms with Crippen molar-refractivity contribution in [1.82, 2.24) is 0 Å². The van der Waals surface area contributed by atoms with E-state index in [2.05, 4.69) is 4.99 Å². The molecule has 0 aliphatic rings. The van der Waals surface area contributed by atoms with Crippen molar-refractivity contribution in [1.29, 1.82) is 0 Å². The van der Waals surface area contributed by atoms with Crippen molar-refractivity contribution in [2.75, 3.05) is 0 Å². The molecule has 1 unspecified atom stereocenters. The van der Waals surface area contributed by atoms with Gasteiger partial charge in [-0.2, -0.15) is 0 Å². The van der Waals surface area contributed by atoms with E-state index < -0.39 is 18.1 Å². The number of hydrogen-bond acceptors (Lipinski definition) is 3. The molecule has 86 valence electrons. The molecule has 0 saturated carbocycles. The van der Waals surface area contributed by atoms with Gasteiger partial charge in [0, 0.05) is 0 Å². The summed E-state index contributed by atoms with van der Waals surface area (Å²) in [6.45, 7) is 0. The highest BCUT2D eigenvalue weighted by Crippen LogP contribution is 2.19. The summed E-state index contributed by atoms with van der Waals surface area (Å²) in [5.41, 5.74) is 16.7.